The molecule has 0 N–H and O–H groups in total. The van der Waals surface area contributed by atoms with Crippen LogP contribution in [-0.4, -0.2) is 21.5 Å². The summed E-state index contributed by atoms with van der Waals surface area (Å²) in [5, 5.41) is 0.156. The summed E-state index contributed by atoms with van der Waals surface area (Å²) in [5.74, 6) is 1.16. The van der Waals surface area contributed by atoms with Gasteiger partial charge in [0.25, 0.3) is 0 Å². The molecule has 3 heterocycles. The molecule has 0 saturated carbocycles. The Bertz CT molecular complexity index is 597. The first-order valence-electron chi connectivity index (χ1n) is 6.60. The maximum absolute atomic E-state index is 12.3. The predicted octanol–water partition coefficient (Wildman–Crippen LogP) is 3.62. The second kappa shape index (κ2) is 5.97. The fourth-order valence-corrected chi connectivity index (χ4v) is 4.65. The fourth-order valence-electron chi connectivity index (χ4n) is 2.30. The third-order valence-corrected chi connectivity index (χ3v) is 5.77. The third kappa shape index (κ3) is 2.88. The van der Waals surface area contributed by atoms with Crippen LogP contribution in [0.4, 0.5) is 0 Å². The molecule has 2 aromatic heterocycles. The lowest BCUT2D eigenvalue weighted by Crippen LogP contribution is -2.36. The molecule has 0 aliphatic carbocycles. The zero-order valence-corrected chi connectivity index (χ0v) is 12.9. The highest BCUT2D eigenvalue weighted by atomic mass is 32.2. The number of nitrogens with zero attached hydrogens (tertiary/aromatic N) is 2. The summed E-state index contributed by atoms with van der Waals surface area (Å²) in [6.45, 7) is 2.77. The van der Waals surface area contributed by atoms with Crippen LogP contribution < -0.4 is 0 Å². The molecule has 3 rings (SSSR count). The molecule has 0 radical (unpaired) electrons. The Labute approximate surface area is 127 Å². The second-order valence-electron chi connectivity index (χ2n) is 4.80. The van der Waals surface area contributed by atoms with Crippen LogP contribution in [0.1, 0.15) is 27.1 Å². The first-order valence-corrected chi connectivity index (χ1v) is 8.47. The van der Waals surface area contributed by atoms with Gasteiger partial charge in [-0.1, -0.05) is 0 Å². The van der Waals surface area contributed by atoms with Crippen molar-refractivity contribution >= 4 is 29.0 Å². The van der Waals surface area contributed by atoms with Gasteiger partial charge in [-0.2, -0.15) is 0 Å². The van der Waals surface area contributed by atoms with Crippen LogP contribution >= 0.6 is 23.1 Å². The summed E-state index contributed by atoms with van der Waals surface area (Å²) < 4.78 is 0. The van der Waals surface area contributed by atoms with Gasteiger partial charge in [0.05, 0.1) is 0 Å². The Morgan fingerprint density at radius 2 is 2.10 bits per heavy atom. The lowest BCUT2D eigenvalue weighted by Gasteiger charge is -2.34. The lowest BCUT2D eigenvalue weighted by molar-refractivity contribution is -0.132. The van der Waals surface area contributed by atoms with Crippen molar-refractivity contribution in [2.75, 3.05) is 5.75 Å². The van der Waals surface area contributed by atoms with Crippen molar-refractivity contribution in [1.29, 1.82) is 0 Å². The van der Waals surface area contributed by atoms with Gasteiger partial charge in [-0.25, -0.2) is 0 Å². The zero-order valence-electron chi connectivity index (χ0n) is 11.3. The minimum Gasteiger partial charge on any atom is -0.321 e. The van der Waals surface area contributed by atoms with E-state index in [1.54, 1.807) is 23.7 Å². The van der Waals surface area contributed by atoms with Crippen LogP contribution in [0.25, 0.3) is 0 Å². The van der Waals surface area contributed by atoms with Crippen LogP contribution in [0.15, 0.2) is 36.7 Å². The van der Waals surface area contributed by atoms with Crippen molar-refractivity contribution in [3.05, 3.63) is 52.0 Å². The Balaban J connectivity index is 1.85. The molecular weight excluding hydrogens is 288 g/mol. The minimum absolute atomic E-state index is 0.156. The summed E-state index contributed by atoms with van der Waals surface area (Å²) in [4.78, 5) is 20.9. The molecule has 0 spiro atoms. The predicted molar refractivity (Wildman–Crippen MR) is 83.7 cm³/mol. The van der Waals surface area contributed by atoms with Crippen molar-refractivity contribution in [2.24, 2.45) is 0 Å². The van der Waals surface area contributed by atoms with E-state index >= 15 is 0 Å². The molecule has 1 amide bonds. The van der Waals surface area contributed by atoms with E-state index in [1.807, 2.05) is 28.8 Å². The third-order valence-electron chi connectivity index (χ3n) is 3.30. The number of rotatable bonds is 3. The molecule has 1 aliphatic heterocycles. The average molecular weight is 304 g/mol. The number of carbonyl (C=O) groups is 1. The maximum atomic E-state index is 12.3. The molecule has 1 unspecified atom stereocenters. The number of aromatic nitrogens is 1. The SMILES string of the molecule is Cc1ccc(C2SCCC(=O)N2Cc2ccncc2)s1. The summed E-state index contributed by atoms with van der Waals surface area (Å²) in [6.07, 6.45) is 4.19. The Morgan fingerprint density at radius 1 is 1.30 bits per heavy atom. The zero-order chi connectivity index (χ0) is 13.9. The van der Waals surface area contributed by atoms with Crippen LogP contribution in [0.5, 0.6) is 0 Å². The number of hydrogen-bond acceptors (Lipinski definition) is 4. The smallest absolute Gasteiger partial charge is 0.224 e. The normalized spacial score (nSPS) is 19.4. The molecule has 3 nitrogen and oxygen atoms in total. The molecule has 1 atom stereocenters. The quantitative estimate of drug-likeness (QED) is 0.868. The summed E-state index contributed by atoms with van der Waals surface area (Å²) in [6, 6.07) is 8.23. The molecule has 1 saturated heterocycles. The summed E-state index contributed by atoms with van der Waals surface area (Å²) >= 11 is 3.64. The van der Waals surface area contributed by atoms with Crippen LogP contribution in [0.3, 0.4) is 0 Å². The molecule has 1 fully saturated rings. The average Bonchev–Trinajstić information content (AvgIpc) is 2.89. The van der Waals surface area contributed by atoms with Crippen LogP contribution in [0, 0.1) is 6.92 Å². The van der Waals surface area contributed by atoms with Gasteiger partial charge in [-0.05, 0) is 36.8 Å². The molecule has 20 heavy (non-hydrogen) atoms. The minimum atomic E-state index is 0.156. The van der Waals surface area contributed by atoms with Crippen molar-refractivity contribution in [1.82, 2.24) is 9.88 Å². The first-order chi connectivity index (χ1) is 9.74. The first kappa shape index (κ1) is 13.6. The monoisotopic (exact) mass is 304 g/mol. The second-order valence-corrected chi connectivity index (χ2v) is 7.31. The molecule has 2 aromatic rings. The number of thioether (sulfide) groups is 1. The number of carbonyl (C=O) groups excluding carboxylic acids is 1. The van der Waals surface area contributed by atoms with Gasteiger partial charge < -0.3 is 4.90 Å². The number of pyridine rings is 1. The van der Waals surface area contributed by atoms with E-state index in [0.717, 1.165) is 11.3 Å². The van der Waals surface area contributed by atoms with Gasteiger partial charge in [0.2, 0.25) is 5.91 Å². The Hall–Kier alpha value is -1.33. The molecule has 0 aromatic carbocycles. The van der Waals surface area contributed by atoms with E-state index in [2.05, 4.69) is 24.0 Å². The van der Waals surface area contributed by atoms with Gasteiger partial charge in [0.1, 0.15) is 5.37 Å². The molecule has 1 aliphatic rings. The highest BCUT2D eigenvalue weighted by Crippen LogP contribution is 2.40. The van der Waals surface area contributed by atoms with Crippen molar-refractivity contribution in [2.45, 2.75) is 25.3 Å². The van der Waals surface area contributed by atoms with E-state index in [1.165, 1.54) is 9.75 Å². The summed E-state index contributed by atoms with van der Waals surface area (Å²) in [5.41, 5.74) is 1.13. The van der Waals surface area contributed by atoms with E-state index in [0.29, 0.717) is 13.0 Å². The van der Waals surface area contributed by atoms with Crippen LogP contribution in [0.2, 0.25) is 0 Å². The van der Waals surface area contributed by atoms with E-state index in [4.69, 9.17) is 0 Å². The van der Waals surface area contributed by atoms with Crippen LogP contribution in [-0.2, 0) is 11.3 Å². The number of hydrogen-bond donors (Lipinski definition) is 0. The fraction of sp³-hybridized carbons (Fsp3) is 0.333. The largest absolute Gasteiger partial charge is 0.321 e. The van der Waals surface area contributed by atoms with Crippen molar-refractivity contribution in [3.8, 4) is 0 Å². The van der Waals surface area contributed by atoms with Gasteiger partial charge in [-0.3, -0.25) is 9.78 Å². The summed E-state index contributed by atoms with van der Waals surface area (Å²) in [7, 11) is 0. The highest BCUT2D eigenvalue weighted by molar-refractivity contribution is 7.99. The van der Waals surface area contributed by atoms with E-state index < -0.39 is 0 Å². The van der Waals surface area contributed by atoms with Crippen molar-refractivity contribution < 1.29 is 4.79 Å². The van der Waals surface area contributed by atoms with Gasteiger partial charge >= 0.3 is 0 Å². The lowest BCUT2D eigenvalue weighted by atomic mass is 10.2. The number of aryl methyl sites for hydroxylation is 1. The van der Waals surface area contributed by atoms with E-state index in [-0.39, 0.29) is 11.3 Å². The molecular formula is C15H16N2OS2. The number of thiophene rings is 1. The van der Waals surface area contributed by atoms with Crippen molar-refractivity contribution in [3.63, 3.8) is 0 Å². The maximum Gasteiger partial charge on any atom is 0.224 e. The Kier molecular flexibility index (Phi) is 4.08. The molecule has 0 bridgehead atoms. The topological polar surface area (TPSA) is 33.2 Å². The highest BCUT2D eigenvalue weighted by Gasteiger charge is 2.30. The van der Waals surface area contributed by atoms with E-state index in [9.17, 15) is 4.79 Å². The van der Waals surface area contributed by atoms with Gasteiger partial charge in [0.15, 0.2) is 0 Å². The Morgan fingerprint density at radius 3 is 2.80 bits per heavy atom. The van der Waals surface area contributed by atoms with Gasteiger partial charge in [0, 0.05) is 40.9 Å². The standard InChI is InChI=1S/C15H16N2OS2/c1-11-2-3-13(20-11)15-17(14(18)6-9-19-15)10-12-4-7-16-8-5-12/h2-5,7-8,15H,6,9-10H2,1H3. The van der Waals surface area contributed by atoms with Gasteiger partial charge in [-0.15, -0.1) is 23.1 Å². The molecule has 5 heteroatoms. The number of amides is 1. The molecule has 104 valence electrons.